The molecule has 0 aliphatic heterocycles. The Kier molecular flexibility index (Phi) is 13.7. The average molecular weight is 288 g/mol. The lowest BCUT2D eigenvalue weighted by atomic mass is 10.1. The SMILES string of the molecule is CCCCCCCCOCP(CC(C)C)CC(C)C. The van der Waals surface area contributed by atoms with Crippen molar-refractivity contribution in [2.45, 2.75) is 73.1 Å². The zero-order chi connectivity index (χ0) is 14.5. The largest absolute Gasteiger partial charge is 0.377 e. The topological polar surface area (TPSA) is 9.23 Å². The Bertz CT molecular complexity index is 170. The van der Waals surface area contributed by atoms with E-state index in [1.54, 1.807) is 0 Å². The molecule has 0 aromatic heterocycles. The predicted octanol–water partition coefficient (Wildman–Crippen LogP) is 6.11. The van der Waals surface area contributed by atoms with Crippen LogP contribution in [0.2, 0.25) is 0 Å². The molecule has 0 heterocycles. The van der Waals surface area contributed by atoms with Gasteiger partial charge in [0.25, 0.3) is 0 Å². The Morgan fingerprint density at radius 3 is 1.84 bits per heavy atom. The Hall–Kier alpha value is 0.390. The number of hydrogen-bond acceptors (Lipinski definition) is 1. The van der Waals surface area contributed by atoms with E-state index < -0.39 is 0 Å². The number of ether oxygens (including phenoxy) is 1. The summed E-state index contributed by atoms with van der Waals surface area (Å²) in [5.74, 6) is 1.64. The highest BCUT2D eigenvalue weighted by Crippen LogP contribution is 2.39. The van der Waals surface area contributed by atoms with E-state index in [0.717, 1.165) is 24.8 Å². The Morgan fingerprint density at radius 2 is 1.32 bits per heavy atom. The fourth-order valence-electron chi connectivity index (χ4n) is 2.39. The summed E-state index contributed by atoms with van der Waals surface area (Å²) >= 11 is 0. The molecule has 0 bridgehead atoms. The van der Waals surface area contributed by atoms with Crippen molar-refractivity contribution >= 4 is 7.92 Å². The van der Waals surface area contributed by atoms with E-state index in [1.165, 1.54) is 50.8 Å². The maximum Gasteiger partial charge on any atom is 0.0659 e. The lowest BCUT2D eigenvalue weighted by molar-refractivity contribution is 0.173. The molecule has 0 aliphatic carbocycles. The minimum absolute atomic E-state index is 0.108. The van der Waals surface area contributed by atoms with Crippen LogP contribution >= 0.6 is 7.92 Å². The van der Waals surface area contributed by atoms with Crippen LogP contribution in [0.5, 0.6) is 0 Å². The van der Waals surface area contributed by atoms with E-state index in [0.29, 0.717) is 0 Å². The highest BCUT2D eigenvalue weighted by molar-refractivity contribution is 7.57. The molecule has 0 aromatic rings. The minimum Gasteiger partial charge on any atom is -0.377 e. The zero-order valence-electron chi connectivity index (χ0n) is 14.1. The Morgan fingerprint density at radius 1 is 0.789 bits per heavy atom. The fourth-order valence-corrected chi connectivity index (χ4v) is 5.20. The second kappa shape index (κ2) is 13.4. The van der Waals surface area contributed by atoms with Crippen LogP contribution in [0.3, 0.4) is 0 Å². The maximum absolute atomic E-state index is 5.93. The van der Waals surface area contributed by atoms with Crippen LogP contribution in [0.4, 0.5) is 0 Å². The molecule has 0 saturated heterocycles. The standard InChI is InChI=1S/C17H37OP/c1-6-7-8-9-10-11-12-18-15-19(13-16(2)3)14-17(4)5/h16-17H,6-15H2,1-5H3. The number of hydrogen-bond donors (Lipinski definition) is 0. The summed E-state index contributed by atoms with van der Waals surface area (Å²) < 4.78 is 5.93. The summed E-state index contributed by atoms with van der Waals surface area (Å²) in [4.78, 5) is 0. The summed E-state index contributed by atoms with van der Waals surface area (Å²) in [7, 11) is 0.108. The fraction of sp³-hybridized carbons (Fsp3) is 1.00. The molecule has 1 nitrogen and oxygen atoms in total. The molecule has 0 amide bonds. The van der Waals surface area contributed by atoms with Crippen molar-refractivity contribution in [2.24, 2.45) is 11.8 Å². The zero-order valence-corrected chi connectivity index (χ0v) is 15.0. The van der Waals surface area contributed by atoms with E-state index >= 15 is 0 Å². The molecule has 0 aliphatic rings. The van der Waals surface area contributed by atoms with Gasteiger partial charge >= 0.3 is 0 Å². The van der Waals surface area contributed by atoms with Gasteiger partial charge in [-0.05, 0) is 30.6 Å². The van der Waals surface area contributed by atoms with Gasteiger partial charge in [0.15, 0.2) is 0 Å². The second-order valence-electron chi connectivity index (χ2n) is 6.63. The molecule has 116 valence electrons. The molecule has 0 atom stereocenters. The second-order valence-corrected chi connectivity index (χ2v) is 8.96. The highest BCUT2D eigenvalue weighted by atomic mass is 31.1. The monoisotopic (exact) mass is 288 g/mol. The van der Waals surface area contributed by atoms with Gasteiger partial charge in [-0.15, -0.1) is 0 Å². The van der Waals surface area contributed by atoms with Gasteiger partial charge in [0.2, 0.25) is 0 Å². The molecule has 0 rings (SSSR count). The maximum atomic E-state index is 5.93. The highest BCUT2D eigenvalue weighted by Gasteiger charge is 2.12. The van der Waals surface area contributed by atoms with Crippen molar-refractivity contribution in [2.75, 3.05) is 25.3 Å². The molecule has 0 aromatic carbocycles. The van der Waals surface area contributed by atoms with Crippen LogP contribution in [0.25, 0.3) is 0 Å². The minimum atomic E-state index is 0.108. The number of rotatable bonds is 13. The van der Waals surface area contributed by atoms with Gasteiger partial charge in [-0.25, -0.2) is 0 Å². The molecule has 2 heteroatoms. The van der Waals surface area contributed by atoms with E-state index in [1.807, 2.05) is 0 Å². The summed E-state index contributed by atoms with van der Waals surface area (Å²) in [5.41, 5.74) is 0. The quantitative estimate of drug-likeness (QED) is 0.293. The van der Waals surface area contributed by atoms with Crippen molar-refractivity contribution in [1.82, 2.24) is 0 Å². The first kappa shape index (κ1) is 19.4. The average Bonchev–Trinajstić information content (AvgIpc) is 2.30. The van der Waals surface area contributed by atoms with Crippen LogP contribution in [-0.4, -0.2) is 25.3 Å². The molecule has 0 radical (unpaired) electrons. The third-order valence-electron chi connectivity index (χ3n) is 3.16. The summed E-state index contributed by atoms with van der Waals surface area (Å²) in [6, 6.07) is 0. The Balaban J connectivity index is 3.52. The summed E-state index contributed by atoms with van der Waals surface area (Å²) in [5, 5.41) is 0. The third-order valence-corrected chi connectivity index (χ3v) is 6.20. The van der Waals surface area contributed by atoms with Crippen molar-refractivity contribution in [1.29, 1.82) is 0 Å². The van der Waals surface area contributed by atoms with Crippen molar-refractivity contribution in [3.05, 3.63) is 0 Å². The third kappa shape index (κ3) is 14.6. The van der Waals surface area contributed by atoms with Crippen molar-refractivity contribution in [3.8, 4) is 0 Å². The Labute approximate surface area is 123 Å². The van der Waals surface area contributed by atoms with Crippen LogP contribution < -0.4 is 0 Å². The lowest BCUT2D eigenvalue weighted by Gasteiger charge is -2.21. The van der Waals surface area contributed by atoms with E-state index in [2.05, 4.69) is 34.6 Å². The molecule has 19 heavy (non-hydrogen) atoms. The van der Waals surface area contributed by atoms with E-state index in [4.69, 9.17) is 4.74 Å². The normalized spacial score (nSPS) is 12.0. The molecule has 0 fully saturated rings. The molecule has 0 saturated carbocycles. The molecule has 0 N–H and O–H groups in total. The summed E-state index contributed by atoms with van der Waals surface area (Å²) in [6.45, 7) is 12.6. The van der Waals surface area contributed by atoms with Gasteiger partial charge < -0.3 is 4.74 Å². The smallest absolute Gasteiger partial charge is 0.0659 e. The first-order chi connectivity index (χ1) is 9.06. The van der Waals surface area contributed by atoms with Crippen molar-refractivity contribution in [3.63, 3.8) is 0 Å². The van der Waals surface area contributed by atoms with Gasteiger partial charge in [0.1, 0.15) is 0 Å². The van der Waals surface area contributed by atoms with Gasteiger partial charge in [-0.2, -0.15) is 0 Å². The van der Waals surface area contributed by atoms with Crippen LogP contribution in [-0.2, 0) is 4.74 Å². The molecular weight excluding hydrogens is 251 g/mol. The van der Waals surface area contributed by atoms with Crippen LogP contribution in [0, 0.1) is 11.8 Å². The predicted molar refractivity (Wildman–Crippen MR) is 90.5 cm³/mol. The van der Waals surface area contributed by atoms with Gasteiger partial charge in [0.05, 0.1) is 6.35 Å². The first-order valence-corrected chi connectivity index (χ1v) is 10.3. The molecular formula is C17H37OP. The van der Waals surface area contributed by atoms with Gasteiger partial charge in [0, 0.05) is 6.61 Å². The van der Waals surface area contributed by atoms with Gasteiger partial charge in [-0.3, -0.25) is 0 Å². The lowest BCUT2D eigenvalue weighted by Crippen LogP contribution is -2.07. The summed E-state index contributed by atoms with van der Waals surface area (Å²) in [6.07, 6.45) is 11.9. The van der Waals surface area contributed by atoms with Crippen molar-refractivity contribution < 1.29 is 4.74 Å². The molecule has 0 unspecified atom stereocenters. The van der Waals surface area contributed by atoms with Crippen LogP contribution in [0.15, 0.2) is 0 Å². The van der Waals surface area contributed by atoms with E-state index in [-0.39, 0.29) is 7.92 Å². The number of unbranched alkanes of at least 4 members (excludes halogenated alkanes) is 5. The van der Waals surface area contributed by atoms with Gasteiger partial charge in [-0.1, -0.05) is 74.6 Å². The first-order valence-electron chi connectivity index (χ1n) is 8.36. The van der Waals surface area contributed by atoms with E-state index in [9.17, 15) is 0 Å². The molecule has 0 spiro atoms. The van der Waals surface area contributed by atoms with Crippen LogP contribution in [0.1, 0.15) is 73.1 Å².